The highest BCUT2D eigenvalue weighted by atomic mass is 19.3. The van der Waals surface area contributed by atoms with Gasteiger partial charge in [-0.25, -0.2) is 4.79 Å². The van der Waals surface area contributed by atoms with E-state index in [9.17, 15) is 23.2 Å². The Bertz CT molecular complexity index is 1280. The Morgan fingerprint density at radius 2 is 1.12 bits per heavy atom. The van der Waals surface area contributed by atoms with Gasteiger partial charge >= 0.3 is 17.9 Å². The summed E-state index contributed by atoms with van der Waals surface area (Å²) < 4.78 is 53.1. The number of rotatable bonds is 10. The zero-order valence-corrected chi connectivity index (χ0v) is 29.8. The second-order valence-corrected chi connectivity index (χ2v) is 20.3. The molecule has 7 nitrogen and oxygen atoms in total. The van der Waals surface area contributed by atoms with Crippen LogP contribution in [-0.4, -0.2) is 54.9 Å². The maximum atomic E-state index is 14.2. The predicted molar refractivity (Wildman–Crippen MR) is 176 cm³/mol. The highest BCUT2D eigenvalue weighted by molar-refractivity contribution is 5.85. The maximum Gasteiger partial charge on any atom is 0.376 e. The number of hydrogen-bond acceptors (Lipinski definition) is 7. The van der Waals surface area contributed by atoms with Crippen LogP contribution in [0.5, 0.6) is 0 Å². The zero-order chi connectivity index (χ0) is 34.3. The van der Waals surface area contributed by atoms with E-state index in [-0.39, 0.29) is 53.4 Å². The number of ether oxygens (including phenoxy) is 4. The Hall–Kier alpha value is -1.61. The average molecular weight is 699 g/mol. The summed E-state index contributed by atoms with van der Waals surface area (Å²) in [6, 6.07) is 0. The first-order chi connectivity index (χ1) is 23.8. The monoisotopic (exact) mass is 698 g/mol. The molecule has 4 unspecified atom stereocenters. The van der Waals surface area contributed by atoms with Gasteiger partial charge < -0.3 is 18.9 Å². The summed E-state index contributed by atoms with van der Waals surface area (Å²) in [6.45, 7) is 0.744. The number of Topliss-reactive ketones (excluding diaryl/α,β-unsaturated/α-hetero) is 1. The number of carbonyl (C=O) groups is 3. The van der Waals surface area contributed by atoms with Crippen LogP contribution in [-0.2, 0) is 33.3 Å². The van der Waals surface area contributed by atoms with Crippen LogP contribution in [0.15, 0.2) is 0 Å². The van der Waals surface area contributed by atoms with Gasteiger partial charge in [-0.1, -0.05) is 0 Å². The number of carbonyl (C=O) groups excluding carboxylic acids is 3. The van der Waals surface area contributed by atoms with Gasteiger partial charge in [-0.3, -0.25) is 9.59 Å². The first kappa shape index (κ1) is 33.0. The third-order valence-electron chi connectivity index (χ3n) is 16.5. The standard InChI is InChI=1S/C41H56F2O7/c1-37(42,43)35(45)48-22-38-12-29-10-30(19-38)41(31(11-29)20-38)49-32(2-3-34(44)39-13-23-4-24(14-39)6-25(5-23)15-39)33(50-41)21-47-36(46)40-16-26-7-27(17-40)9-28(8-26)18-40/h23-33H,2-22H2,1H3. The third-order valence-corrected chi connectivity index (χ3v) is 16.5. The lowest BCUT2D eigenvalue weighted by Gasteiger charge is -2.62. The third kappa shape index (κ3) is 5.21. The maximum absolute atomic E-state index is 14.2. The molecular weight excluding hydrogens is 642 g/mol. The van der Waals surface area contributed by atoms with Crippen LogP contribution in [0.3, 0.4) is 0 Å². The fourth-order valence-electron chi connectivity index (χ4n) is 15.7. The van der Waals surface area contributed by atoms with Gasteiger partial charge in [0.15, 0.2) is 5.79 Å². The second kappa shape index (κ2) is 11.2. The van der Waals surface area contributed by atoms with Crippen molar-refractivity contribution >= 4 is 17.7 Å². The summed E-state index contributed by atoms with van der Waals surface area (Å²) in [5, 5.41) is 0. The lowest BCUT2D eigenvalue weighted by molar-refractivity contribution is -0.317. The highest BCUT2D eigenvalue weighted by Crippen LogP contribution is 2.67. The average Bonchev–Trinajstić information content (AvgIpc) is 3.41. The number of halogens is 2. The molecule has 276 valence electrons. The van der Waals surface area contributed by atoms with Gasteiger partial charge in [-0.2, -0.15) is 8.78 Å². The molecule has 13 rings (SSSR count). The minimum Gasteiger partial charge on any atom is -0.462 e. The number of ketones is 1. The molecule has 13 fully saturated rings. The Morgan fingerprint density at radius 3 is 1.64 bits per heavy atom. The molecule has 9 heteroatoms. The molecule has 4 atom stereocenters. The summed E-state index contributed by atoms with van der Waals surface area (Å²) in [6.07, 6.45) is 18.1. The highest BCUT2D eigenvalue weighted by Gasteiger charge is 2.68. The van der Waals surface area contributed by atoms with Crippen LogP contribution in [0.1, 0.15) is 129 Å². The Morgan fingerprint density at radius 1 is 0.640 bits per heavy atom. The topological polar surface area (TPSA) is 88.1 Å². The predicted octanol–water partition coefficient (Wildman–Crippen LogP) is 7.82. The van der Waals surface area contributed by atoms with Crippen molar-refractivity contribution in [2.24, 2.45) is 69.5 Å². The smallest absolute Gasteiger partial charge is 0.376 e. The van der Waals surface area contributed by atoms with E-state index < -0.39 is 23.8 Å². The Balaban J connectivity index is 0.867. The van der Waals surface area contributed by atoms with Crippen molar-refractivity contribution in [3.05, 3.63) is 0 Å². The molecule has 1 aliphatic heterocycles. The first-order valence-electron chi connectivity index (χ1n) is 20.4. The molecule has 0 aromatic carbocycles. The molecule has 1 saturated heterocycles. The van der Waals surface area contributed by atoms with Gasteiger partial charge in [0.05, 0.1) is 18.1 Å². The van der Waals surface area contributed by atoms with E-state index in [0.717, 1.165) is 57.8 Å². The van der Waals surface area contributed by atoms with Gasteiger partial charge in [0.25, 0.3) is 0 Å². The van der Waals surface area contributed by atoms with E-state index in [2.05, 4.69) is 0 Å². The zero-order valence-electron chi connectivity index (χ0n) is 29.8. The normalized spacial score (nSPS) is 51.9. The minimum atomic E-state index is -3.51. The van der Waals surface area contributed by atoms with Crippen LogP contribution < -0.4 is 0 Å². The SMILES string of the molecule is CC(F)(F)C(=O)OCC12CC3CC(C1)C1(OC(CCC(=O)C45CC6CC(CC(C6)C4)C5)C(COC(=O)C45CC6CC(CC(C6)C4)C5)O1)C(C3)C2. The summed E-state index contributed by atoms with van der Waals surface area (Å²) in [5.74, 6) is -0.894. The van der Waals surface area contributed by atoms with E-state index in [4.69, 9.17) is 18.9 Å². The van der Waals surface area contributed by atoms with Gasteiger partial charge in [0, 0.05) is 36.0 Å². The van der Waals surface area contributed by atoms with Crippen molar-refractivity contribution in [1.82, 2.24) is 0 Å². The Labute approximate surface area is 295 Å². The van der Waals surface area contributed by atoms with Gasteiger partial charge in [0.2, 0.25) is 0 Å². The van der Waals surface area contributed by atoms with Gasteiger partial charge in [-0.05, 0) is 157 Å². The molecule has 0 aromatic rings. The number of alkyl halides is 2. The summed E-state index contributed by atoms with van der Waals surface area (Å²) in [4.78, 5) is 40.2. The number of hydrogen-bond donors (Lipinski definition) is 0. The molecule has 12 saturated carbocycles. The minimum absolute atomic E-state index is 0.00391. The largest absolute Gasteiger partial charge is 0.462 e. The van der Waals surface area contributed by atoms with E-state index in [1.54, 1.807) is 0 Å². The van der Waals surface area contributed by atoms with Gasteiger partial charge in [0.1, 0.15) is 18.5 Å². The molecule has 50 heavy (non-hydrogen) atoms. The van der Waals surface area contributed by atoms with Crippen LogP contribution in [0.25, 0.3) is 0 Å². The van der Waals surface area contributed by atoms with Crippen molar-refractivity contribution < 1.29 is 42.1 Å². The van der Waals surface area contributed by atoms with Crippen molar-refractivity contribution in [1.29, 1.82) is 0 Å². The van der Waals surface area contributed by atoms with Crippen molar-refractivity contribution in [3.8, 4) is 0 Å². The van der Waals surface area contributed by atoms with E-state index in [1.807, 2.05) is 0 Å². The molecule has 12 aliphatic carbocycles. The molecule has 12 bridgehead atoms. The van der Waals surface area contributed by atoms with Crippen molar-refractivity contribution in [3.63, 3.8) is 0 Å². The summed E-state index contributed by atoms with van der Waals surface area (Å²) in [5.41, 5.74) is -0.853. The lowest BCUT2D eigenvalue weighted by Crippen LogP contribution is -2.63. The van der Waals surface area contributed by atoms with Crippen LogP contribution >= 0.6 is 0 Å². The quantitative estimate of drug-likeness (QED) is 0.215. The second-order valence-electron chi connectivity index (χ2n) is 20.3. The van der Waals surface area contributed by atoms with E-state index >= 15 is 0 Å². The van der Waals surface area contributed by atoms with Gasteiger partial charge in [-0.15, -0.1) is 0 Å². The molecule has 0 N–H and O–H groups in total. The van der Waals surface area contributed by atoms with Crippen molar-refractivity contribution in [2.75, 3.05) is 13.2 Å². The lowest BCUT2D eigenvalue weighted by atomic mass is 9.47. The van der Waals surface area contributed by atoms with Crippen LogP contribution in [0.4, 0.5) is 8.78 Å². The molecular formula is C41H56F2O7. The summed E-state index contributed by atoms with van der Waals surface area (Å²) in [7, 11) is 0. The molecule has 0 aromatic heterocycles. The molecule has 1 heterocycles. The van der Waals surface area contributed by atoms with Crippen LogP contribution in [0.2, 0.25) is 0 Å². The molecule has 0 radical (unpaired) electrons. The fourth-order valence-corrected chi connectivity index (χ4v) is 15.7. The fraction of sp³-hybridized carbons (Fsp3) is 0.927. The van der Waals surface area contributed by atoms with Crippen LogP contribution in [0, 0.1) is 69.5 Å². The molecule has 13 aliphatic rings. The van der Waals surface area contributed by atoms with E-state index in [0.29, 0.717) is 79.8 Å². The number of esters is 2. The van der Waals surface area contributed by atoms with Crippen molar-refractivity contribution in [2.45, 2.75) is 153 Å². The first-order valence-corrected chi connectivity index (χ1v) is 20.4. The summed E-state index contributed by atoms with van der Waals surface area (Å²) >= 11 is 0. The molecule has 0 amide bonds. The van der Waals surface area contributed by atoms with E-state index in [1.165, 1.54) is 38.5 Å². The Kier molecular flexibility index (Phi) is 7.40. The molecule has 1 spiro atoms.